The van der Waals surface area contributed by atoms with Gasteiger partial charge in [-0.1, -0.05) is 30.2 Å². The first-order valence-electron chi connectivity index (χ1n) is 18.2. The third kappa shape index (κ3) is 19.1. The number of hydrogen-bond acceptors (Lipinski definition) is 15. The second kappa shape index (κ2) is 27.5. The number of halogens is 1. The van der Waals surface area contributed by atoms with Crippen molar-refractivity contribution >= 4 is 35.3 Å². The van der Waals surface area contributed by atoms with Crippen LogP contribution in [0.5, 0.6) is 0 Å². The summed E-state index contributed by atoms with van der Waals surface area (Å²) in [6.45, 7) is 2.47. The van der Waals surface area contributed by atoms with Gasteiger partial charge in [-0.15, -0.1) is 0 Å². The maximum atomic E-state index is 12.5. The molecule has 1 saturated heterocycles. The van der Waals surface area contributed by atoms with Crippen molar-refractivity contribution in [2.45, 2.75) is 74.8 Å². The first-order chi connectivity index (χ1) is 26.4. The molecule has 0 aliphatic carbocycles. The molecule has 1 heterocycles. The summed E-state index contributed by atoms with van der Waals surface area (Å²) in [4.78, 5) is 49.1. The summed E-state index contributed by atoms with van der Waals surface area (Å²) in [7, 11) is 0. The fraction of sp³-hybridized carbons (Fsp3) is 0.714. The molecule has 20 heteroatoms. The lowest BCUT2D eigenvalue weighted by Crippen LogP contribution is -2.68. The number of rotatable bonds is 30. The molecule has 1 fully saturated rings. The second-order valence-corrected chi connectivity index (χ2v) is 13.0. The minimum Gasteiger partial charge on any atom is -0.477 e. The predicted molar refractivity (Wildman–Crippen MR) is 195 cm³/mol. The maximum Gasteiger partial charge on any atom is 0.364 e. The number of nitrogens with one attached hydrogen (secondary N) is 3. The number of carboxylic acid groups (broad SMARTS) is 1. The van der Waals surface area contributed by atoms with Crippen molar-refractivity contribution in [2.24, 2.45) is 5.73 Å². The summed E-state index contributed by atoms with van der Waals surface area (Å²) in [5.41, 5.74) is 5.96. The fourth-order valence-electron chi connectivity index (χ4n) is 5.35. The molecule has 1 aliphatic heterocycles. The van der Waals surface area contributed by atoms with Gasteiger partial charge >= 0.3 is 5.97 Å². The van der Waals surface area contributed by atoms with Gasteiger partial charge < -0.3 is 75.6 Å². The number of amides is 3. The average Bonchev–Trinajstić information content (AvgIpc) is 3.16. The molecule has 1 aromatic rings. The Morgan fingerprint density at radius 3 is 2.07 bits per heavy atom. The van der Waals surface area contributed by atoms with Crippen molar-refractivity contribution < 1.29 is 73.1 Å². The SMILES string of the molecule is NCCOCCOCCOCCOCCNC(=O)CCCCCO[C@]1(C(=O)O)C[C@H](O)[C@@H](NC(=O)CO)[C@H]([C@H](O)[C@H](O)CNC(=O)Cc2ccc(Cl)cc2)O1. The van der Waals surface area contributed by atoms with Gasteiger partial charge in [0.25, 0.3) is 5.79 Å². The topological polar surface area (TPSA) is 287 Å². The summed E-state index contributed by atoms with van der Waals surface area (Å²) in [6.07, 6.45) is -6.41. The van der Waals surface area contributed by atoms with Crippen LogP contribution in [-0.2, 0) is 54.0 Å². The Balaban J connectivity index is 1.75. The number of benzene rings is 1. The lowest BCUT2D eigenvalue weighted by molar-refractivity contribution is -0.310. The van der Waals surface area contributed by atoms with Crippen LogP contribution >= 0.6 is 11.6 Å². The number of nitrogens with two attached hydrogens (primary N) is 1. The normalized spacial score (nSPS) is 20.7. The number of ether oxygens (including phenoxy) is 6. The van der Waals surface area contributed by atoms with Gasteiger partial charge in [0.05, 0.1) is 84.1 Å². The van der Waals surface area contributed by atoms with Crippen LogP contribution in [0.25, 0.3) is 0 Å². The number of carbonyl (C=O) groups excluding carboxylic acids is 3. The molecule has 19 nitrogen and oxygen atoms in total. The summed E-state index contributed by atoms with van der Waals surface area (Å²) >= 11 is 5.87. The monoisotopic (exact) mass is 808 g/mol. The summed E-state index contributed by atoms with van der Waals surface area (Å²) in [6, 6.07) is 5.03. The number of carbonyl (C=O) groups is 4. The van der Waals surface area contributed by atoms with Gasteiger partial charge in [-0.3, -0.25) is 14.4 Å². The van der Waals surface area contributed by atoms with Gasteiger partial charge in [-0.25, -0.2) is 4.79 Å². The zero-order valence-electron chi connectivity index (χ0n) is 30.9. The highest BCUT2D eigenvalue weighted by molar-refractivity contribution is 6.30. The van der Waals surface area contributed by atoms with Crippen LogP contribution in [0, 0.1) is 0 Å². The van der Waals surface area contributed by atoms with E-state index in [-0.39, 0.29) is 25.4 Å². The zero-order chi connectivity index (χ0) is 40.5. The van der Waals surface area contributed by atoms with E-state index in [2.05, 4.69) is 16.0 Å². The molecule has 314 valence electrons. The van der Waals surface area contributed by atoms with Crippen LogP contribution < -0.4 is 21.7 Å². The molecule has 0 aromatic heterocycles. The van der Waals surface area contributed by atoms with E-state index in [4.69, 9.17) is 45.8 Å². The van der Waals surface area contributed by atoms with Crippen molar-refractivity contribution in [3.05, 3.63) is 34.9 Å². The second-order valence-electron chi connectivity index (χ2n) is 12.6. The highest BCUT2D eigenvalue weighted by Crippen LogP contribution is 2.34. The third-order valence-electron chi connectivity index (χ3n) is 8.22. The van der Waals surface area contributed by atoms with Gasteiger partial charge in [-0.05, 0) is 30.5 Å². The van der Waals surface area contributed by atoms with Crippen LogP contribution in [0.1, 0.15) is 37.7 Å². The van der Waals surface area contributed by atoms with Crippen molar-refractivity contribution in [1.82, 2.24) is 16.0 Å². The summed E-state index contributed by atoms with van der Waals surface area (Å²) in [5.74, 6) is -5.78. The molecular weight excluding hydrogens is 752 g/mol. The van der Waals surface area contributed by atoms with Gasteiger partial charge in [0, 0.05) is 37.5 Å². The van der Waals surface area contributed by atoms with Crippen molar-refractivity contribution in [2.75, 3.05) is 85.7 Å². The number of aliphatic hydroxyl groups excluding tert-OH is 4. The van der Waals surface area contributed by atoms with Crippen LogP contribution in [-0.4, -0.2) is 171 Å². The van der Waals surface area contributed by atoms with Crippen molar-refractivity contribution in [3.63, 3.8) is 0 Å². The number of hydrogen-bond donors (Lipinski definition) is 9. The first kappa shape index (κ1) is 48.1. The minimum absolute atomic E-state index is 0.0637. The number of aliphatic hydroxyl groups is 4. The standard InChI is InChI=1S/C35H57ClN4O15/c36-25-7-5-24(6-8-25)20-29(45)39-22-27(43)32(47)33-31(40-30(46)23-41)26(42)21-35(55-33,34(48)49)54-11-3-1-2-4-28(44)38-10-13-51-15-17-53-19-18-52-16-14-50-12-9-37/h5-8,26-27,31-33,41-43,47H,1-4,9-23,37H2,(H,38,44)(H,39,45)(H,40,46)(H,48,49)/t26-,27+,31+,32+,33+,35+/m0/s1. The Kier molecular flexibility index (Phi) is 24.1. The van der Waals surface area contributed by atoms with E-state index >= 15 is 0 Å². The molecule has 3 amide bonds. The Labute approximate surface area is 325 Å². The molecule has 0 spiro atoms. The maximum absolute atomic E-state index is 12.5. The van der Waals surface area contributed by atoms with E-state index in [1.807, 2.05) is 0 Å². The van der Waals surface area contributed by atoms with Crippen molar-refractivity contribution in [1.29, 1.82) is 0 Å². The van der Waals surface area contributed by atoms with Gasteiger partial charge in [0.15, 0.2) is 0 Å². The van der Waals surface area contributed by atoms with Crippen LogP contribution in [0.2, 0.25) is 5.02 Å². The van der Waals surface area contributed by atoms with E-state index in [1.54, 1.807) is 24.3 Å². The van der Waals surface area contributed by atoms with Gasteiger partial charge in [0.1, 0.15) is 18.8 Å². The summed E-state index contributed by atoms with van der Waals surface area (Å²) in [5, 5.41) is 60.1. The van der Waals surface area contributed by atoms with Gasteiger partial charge in [0.2, 0.25) is 17.7 Å². The summed E-state index contributed by atoms with van der Waals surface area (Å²) < 4.78 is 32.7. The lowest BCUT2D eigenvalue weighted by Gasteiger charge is -2.46. The van der Waals surface area contributed by atoms with E-state index in [1.165, 1.54) is 0 Å². The molecular formula is C35H57ClN4O15. The third-order valence-corrected chi connectivity index (χ3v) is 8.47. The highest BCUT2D eigenvalue weighted by atomic mass is 35.5. The smallest absolute Gasteiger partial charge is 0.364 e. The fourth-order valence-corrected chi connectivity index (χ4v) is 5.48. The van der Waals surface area contributed by atoms with E-state index in [9.17, 15) is 44.7 Å². The Morgan fingerprint density at radius 1 is 0.855 bits per heavy atom. The number of unbranched alkanes of at least 4 members (excludes halogenated alkanes) is 2. The largest absolute Gasteiger partial charge is 0.477 e. The van der Waals surface area contributed by atoms with E-state index in [0.29, 0.717) is 95.8 Å². The Morgan fingerprint density at radius 2 is 1.47 bits per heavy atom. The molecule has 0 radical (unpaired) electrons. The lowest BCUT2D eigenvalue weighted by atomic mass is 9.88. The Bertz CT molecular complexity index is 1270. The molecule has 1 aromatic carbocycles. The molecule has 2 rings (SSSR count). The van der Waals surface area contributed by atoms with Crippen LogP contribution in [0.4, 0.5) is 0 Å². The molecule has 55 heavy (non-hydrogen) atoms. The Hall–Kier alpha value is -3.05. The van der Waals surface area contributed by atoms with Crippen molar-refractivity contribution in [3.8, 4) is 0 Å². The van der Waals surface area contributed by atoms with E-state index in [0.717, 1.165) is 0 Å². The molecule has 0 saturated carbocycles. The molecule has 10 N–H and O–H groups in total. The zero-order valence-corrected chi connectivity index (χ0v) is 31.7. The molecule has 0 bridgehead atoms. The average molecular weight is 809 g/mol. The van der Waals surface area contributed by atoms with E-state index < -0.39 is 73.6 Å². The molecule has 0 unspecified atom stereocenters. The predicted octanol–water partition coefficient (Wildman–Crippen LogP) is -2.15. The van der Waals surface area contributed by atoms with Gasteiger partial charge in [-0.2, -0.15) is 0 Å². The first-order valence-corrected chi connectivity index (χ1v) is 18.6. The number of carboxylic acids is 1. The molecule has 6 atom stereocenters. The molecule has 1 aliphatic rings. The number of aliphatic carboxylic acids is 1. The quantitative estimate of drug-likeness (QED) is 0.0375. The van der Waals surface area contributed by atoms with Crippen LogP contribution in [0.3, 0.4) is 0 Å². The highest BCUT2D eigenvalue weighted by Gasteiger charge is 2.55. The minimum atomic E-state index is -2.49. The van der Waals surface area contributed by atoms with Crippen LogP contribution in [0.15, 0.2) is 24.3 Å².